The van der Waals surface area contributed by atoms with Crippen LogP contribution in [0.25, 0.3) is 0 Å². The molecule has 1 aromatic heterocycles. The molecule has 162 valence electrons. The predicted molar refractivity (Wildman–Crippen MR) is 134 cm³/mol. The van der Waals surface area contributed by atoms with Crippen LogP contribution in [-0.4, -0.2) is 48.6 Å². The first-order valence-corrected chi connectivity index (χ1v) is 10.8. The standard InChI is InChI=1S/C21H33N5OS.HI/c1-5-22-21(25-16-20-23-14-17(4)28-20)24-15-18-8-10-19(11-9-18)27-13-12-26(6-2)7-3;/h8-11,14H,5-7,12-13,15-16H2,1-4H3,(H2,22,24,25);1H. The lowest BCUT2D eigenvalue weighted by Crippen LogP contribution is -2.36. The van der Waals surface area contributed by atoms with E-state index >= 15 is 0 Å². The topological polar surface area (TPSA) is 61.8 Å². The van der Waals surface area contributed by atoms with E-state index in [2.05, 4.69) is 65.3 Å². The third-order valence-corrected chi connectivity index (χ3v) is 5.25. The number of aryl methyl sites for hydroxylation is 1. The van der Waals surface area contributed by atoms with E-state index in [1.807, 2.05) is 18.3 Å². The molecule has 29 heavy (non-hydrogen) atoms. The van der Waals surface area contributed by atoms with Crippen molar-refractivity contribution in [3.63, 3.8) is 0 Å². The summed E-state index contributed by atoms with van der Waals surface area (Å²) >= 11 is 1.70. The summed E-state index contributed by atoms with van der Waals surface area (Å²) in [6, 6.07) is 8.19. The van der Waals surface area contributed by atoms with Gasteiger partial charge in [0, 0.05) is 24.2 Å². The summed E-state index contributed by atoms with van der Waals surface area (Å²) in [6.45, 7) is 14.4. The molecule has 0 bridgehead atoms. The zero-order chi connectivity index (χ0) is 20.2. The number of aromatic nitrogens is 1. The van der Waals surface area contributed by atoms with Gasteiger partial charge >= 0.3 is 0 Å². The summed E-state index contributed by atoms with van der Waals surface area (Å²) in [6.07, 6.45) is 1.90. The number of guanidine groups is 1. The maximum Gasteiger partial charge on any atom is 0.191 e. The van der Waals surface area contributed by atoms with Crippen molar-refractivity contribution >= 4 is 41.3 Å². The van der Waals surface area contributed by atoms with Crippen LogP contribution in [-0.2, 0) is 13.1 Å². The molecular formula is C21H34IN5OS. The highest BCUT2D eigenvalue weighted by Gasteiger charge is 2.03. The van der Waals surface area contributed by atoms with E-state index in [1.54, 1.807) is 11.3 Å². The molecule has 0 unspecified atom stereocenters. The molecular weight excluding hydrogens is 497 g/mol. The van der Waals surface area contributed by atoms with Crippen molar-refractivity contribution < 1.29 is 4.74 Å². The first-order valence-electron chi connectivity index (χ1n) is 10.0. The second-order valence-electron chi connectivity index (χ2n) is 6.43. The summed E-state index contributed by atoms with van der Waals surface area (Å²) in [5.41, 5.74) is 1.15. The molecule has 0 aliphatic heterocycles. The van der Waals surface area contributed by atoms with Crippen LogP contribution >= 0.6 is 35.3 Å². The zero-order valence-corrected chi connectivity index (χ0v) is 21.0. The van der Waals surface area contributed by atoms with Crippen molar-refractivity contribution in [2.24, 2.45) is 4.99 Å². The second kappa shape index (κ2) is 14.6. The number of likely N-dealkylation sites (N-methyl/N-ethyl adjacent to an activating group) is 1. The van der Waals surface area contributed by atoms with Crippen LogP contribution in [0, 0.1) is 6.92 Å². The molecule has 2 N–H and O–H groups in total. The van der Waals surface area contributed by atoms with Gasteiger partial charge in [0.1, 0.15) is 17.4 Å². The number of thiazole rings is 1. The van der Waals surface area contributed by atoms with Gasteiger partial charge in [0.2, 0.25) is 0 Å². The number of hydrogen-bond donors (Lipinski definition) is 2. The molecule has 1 heterocycles. The molecule has 0 saturated carbocycles. The fourth-order valence-electron chi connectivity index (χ4n) is 2.68. The predicted octanol–water partition coefficient (Wildman–Crippen LogP) is 4.05. The third-order valence-electron chi connectivity index (χ3n) is 4.33. The zero-order valence-electron chi connectivity index (χ0n) is 17.9. The minimum absolute atomic E-state index is 0. The Morgan fingerprint density at radius 2 is 1.86 bits per heavy atom. The first kappa shape index (κ1) is 25.6. The van der Waals surface area contributed by atoms with Crippen molar-refractivity contribution in [3.05, 3.63) is 45.9 Å². The molecule has 0 radical (unpaired) electrons. The van der Waals surface area contributed by atoms with Crippen molar-refractivity contribution in [1.82, 2.24) is 20.5 Å². The highest BCUT2D eigenvalue weighted by atomic mass is 127. The van der Waals surface area contributed by atoms with E-state index in [0.29, 0.717) is 19.7 Å². The maximum atomic E-state index is 5.84. The average molecular weight is 532 g/mol. The molecule has 0 atom stereocenters. The van der Waals surface area contributed by atoms with Gasteiger partial charge in [0.05, 0.1) is 13.1 Å². The van der Waals surface area contributed by atoms with E-state index < -0.39 is 0 Å². The normalized spacial score (nSPS) is 11.3. The Morgan fingerprint density at radius 1 is 1.14 bits per heavy atom. The van der Waals surface area contributed by atoms with Gasteiger partial charge < -0.3 is 20.3 Å². The summed E-state index contributed by atoms with van der Waals surface area (Å²) in [7, 11) is 0. The van der Waals surface area contributed by atoms with Crippen LogP contribution in [0.3, 0.4) is 0 Å². The van der Waals surface area contributed by atoms with Crippen molar-refractivity contribution in [2.75, 3.05) is 32.8 Å². The lowest BCUT2D eigenvalue weighted by atomic mass is 10.2. The van der Waals surface area contributed by atoms with Gasteiger partial charge in [-0.25, -0.2) is 9.98 Å². The Bertz CT molecular complexity index is 716. The summed E-state index contributed by atoms with van der Waals surface area (Å²) in [5.74, 6) is 1.71. The molecule has 0 aliphatic rings. The van der Waals surface area contributed by atoms with E-state index in [9.17, 15) is 0 Å². The summed E-state index contributed by atoms with van der Waals surface area (Å²) in [4.78, 5) is 12.6. The monoisotopic (exact) mass is 531 g/mol. The molecule has 2 aromatic rings. The summed E-state index contributed by atoms with van der Waals surface area (Å²) in [5, 5.41) is 7.68. The first-order chi connectivity index (χ1) is 13.6. The van der Waals surface area contributed by atoms with Crippen LogP contribution in [0.15, 0.2) is 35.5 Å². The Labute approximate surface area is 196 Å². The number of hydrogen-bond acceptors (Lipinski definition) is 5. The number of halogens is 1. The molecule has 0 spiro atoms. The van der Waals surface area contributed by atoms with Gasteiger partial charge in [-0.3, -0.25) is 0 Å². The number of nitrogens with zero attached hydrogens (tertiary/aromatic N) is 3. The van der Waals surface area contributed by atoms with E-state index in [0.717, 1.165) is 48.5 Å². The van der Waals surface area contributed by atoms with Crippen LogP contribution in [0.5, 0.6) is 5.75 Å². The molecule has 0 saturated heterocycles. The fourth-order valence-corrected chi connectivity index (χ4v) is 3.40. The molecule has 2 rings (SSSR count). The van der Waals surface area contributed by atoms with Crippen molar-refractivity contribution in [3.8, 4) is 5.75 Å². The SMILES string of the molecule is CCNC(=NCc1ccc(OCCN(CC)CC)cc1)NCc1ncc(C)s1.I. The molecule has 0 aliphatic carbocycles. The van der Waals surface area contributed by atoms with Crippen LogP contribution in [0.4, 0.5) is 0 Å². The van der Waals surface area contributed by atoms with Gasteiger partial charge in [0.15, 0.2) is 5.96 Å². The second-order valence-corrected chi connectivity index (χ2v) is 7.75. The van der Waals surface area contributed by atoms with E-state index in [4.69, 9.17) is 4.74 Å². The van der Waals surface area contributed by atoms with E-state index in [1.165, 1.54) is 4.88 Å². The molecule has 0 amide bonds. The van der Waals surface area contributed by atoms with Gasteiger partial charge in [-0.2, -0.15) is 0 Å². The van der Waals surface area contributed by atoms with E-state index in [-0.39, 0.29) is 24.0 Å². The quantitative estimate of drug-likeness (QED) is 0.260. The van der Waals surface area contributed by atoms with Crippen molar-refractivity contribution in [1.29, 1.82) is 0 Å². The highest BCUT2D eigenvalue weighted by Crippen LogP contribution is 2.13. The minimum Gasteiger partial charge on any atom is -0.492 e. The lowest BCUT2D eigenvalue weighted by molar-refractivity contribution is 0.223. The molecule has 1 aromatic carbocycles. The summed E-state index contributed by atoms with van der Waals surface area (Å²) < 4.78 is 5.84. The maximum absolute atomic E-state index is 5.84. The Balaban J connectivity index is 0.00000420. The number of rotatable bonds is 11. The van der Waals surface area contributed by atoms with Gasteiger partial charge in [0.25, 0.3) is 0 Å². The van der Waals surface area contributed by atoms with Gasteiger partial charge in [-0.05, 0) is 44.6 Å². The third kappa shape index (κ3) is 9.77. The fraction of sp³-hybridized carbons (Fsp3) is 0.524. The number of nitrogens with one attached hydrogen (secondary N) is 2. The van der Waals surface area contributed by atoms with Crippen molar-refractivity contribution in [2.45, 2.75) is 40.8 Å². The average Bonchev–Trinajstić information content (AvgIpc) is 3.13. The lowest BCUT2D eigenvalue weighted by Gasteiger charge is -2.18. The number of aliphatic imine (C=N–C) groups is 1. The number of ether oxygens (including phenoxy) is 1. The Hall–Kier alpha value is -1.39. The smallest absolute Gasteiger partial charge is 0.191 e. The molecule has 6 nitrogen and oxygen atoms in total. The Morgan fingerprint density at radius 3 is 2.45 bits per heavy atom. The van der Waals surface area contributed by atoms with Gasteiger partial charge in [-0.15, -0.1) is 35.3 Å². The van der Waals surface area contributed by atoms with Crippen LogP contribution in [0.2, 0.25) is 0 Å². The number of benzene rings is 1. The van der Waals surface area contributed by atoms with Gasteiger partial charge in [-0.1, -0.05) is 26.0 Å². The Kier molecular flexibility index (Phi) is 12.9. The highest BCUT2D eigenvalue weighted by molar-refractivity contribution is 14.0. The molecule has 8 heteroatoms. The largest absolute Gasteiger partial charge is 0.492 e. The molecule has 0 fully saturated rings. The van der Waals surface area contributed by atoms with Crippen LogP contribution < -0.4 is 15.4 Å². The van der Waals surface area contributed by atoms with Crippen LogP contribution in [0.1, 0.15) is 36.2 Å². The minimum atomic E-state index is 0.